The van der Waals surface area contributed by atoms with Crippen LogP contribution >= 0.6 is 0 Å². The predicted molar refractivity (Wildman–Crippen MR) is 54.6 cm³/mol. The Balaban J connectivity index is 2.18. The molecule has 2 rings (SSSR count). The van der Waals surface area contributed by atoms with Gasteiger partial charge in [0.25, 0.3) is 0 Å². The van der Waals surface area contributed by atoms with Gasteiger partial charge in [-0.3, -0.25) is 0 Å². The van der Waals surface area contributed by atoms with Crippen molar-refractivity contribution in [2.75, 3.05) is 6.54 Å². The number of rotatable bonds is 1. The van der Waals surface area contributed by atoms with Crippen LogP contribution in [0.5, 0.6) is 0 Å². The highest BCUT2D eigenvalue weighted by Gasteiger charge is 2.19. The van der Waals surface area contributed by atoms with Crippen molar-refractivity contribution in [2.45, 2.75) is 32.2 Å². The highest BCUT2D eigenvalue weighted by atomic mass is 14.9. The van der Waals surface area contributed by atoms with Crippen molar-refractivity contribution in [1.29, 1.82) is 0 Å². The summed E-state index contributed by atoms with van der Waals surface area (Å²) < 4.78 is 0. The molecule has 0 aromatic heterocycles. The van der Waals surface area contributed by atoms with Crippen LogP contribution in [0.4, 0.5) is 0 Å². The van der Waals surface area contributed by atoms with Gasteiger partial charge < -0.3 is 5.32 Å². The molecule has 0 spiro atoms. The highest BCUT2D eigenvalue weighted by Crippen LogP contribution is 2.20. The smallest absolute Gasteiger partial charge is 0.112 e. The van der Waals surface area contributed by atoms with Gasteiger partial charge in [0.05, 0.1) is 6.54 Å². The first-order chi connectivity index (χ1) is 6.38. The standard InChI is InChI=1S/C12H17N/c1-10-6-2-3-7-11(10)12-8-4-5-9-13-12/h2-3,6-7,12-13H,4-5,8-9H2,1H3/p+1/t12-/m0/s1. The topological polar surface area (TPSA) is 16.6 Å². The summed E-state index contributed by atoms with van der Waals surface area (Å²) in [5.74, 6) is 0. The van der Waals surface area contributed by atoms with Crippen LogP contribution in [0.15, 0.2) is 24.3 Å². The maximum Gasteiger partial charge on any atom is 0.112 e. The summed E-state index contributed by atoms with van der Waals surface area (Å²) >= 11 is 0. The Morgan fingerprint density at radius 2 is 2.08 bits per heavy atom. The van der Waals surface area contributed by atoms with E-state index in [2.05, 4.69) is 36.5 Å². The Bertz CT molecular complexity index is 274. The van der Waals surface area contributed by atoms with Gasteiger partial charge in [-0.05, 0) is 25.3 Å². The molecule has 1 heterocycles. The second kappa shape index (κ2) is 3.93. The molecular weight excluding hydrogens is 158 g/mol. The average Bonchev–Trinajstić information content (AvgIpc) is 2.20. The first-order valence-electron chi connectivity index (χ1n) is 5.27. The Labute approximate surface area is 80.2 Å². The molecule has 0 amide bonds. The molecule has 1 saturated heterocycles. The largest absolute Gasteiger partial charge is 0.340 e. The fourth-order valence-electron chi connectivity index (χ4n) is 2.23. The molecular formula is C12H18N+. The average molecular weight is 176 g/mol. The minimum absolute atomic E-state index is 0.731. The molecule has 0 saturated carbocycles. The van der Waals surface area contributed by atoms with Crippen molar-refractivity contribution >= 4 is 0 Å². The van der Waals surface area contributed by atoms with Crippen LogP contribution < -0.4 is 5.32 Å². The van der Waals surface area contributed by atoms with E-state index in [-0.39, 0.29) is 0 Å². The number of quaternary nitrogens is 1. The van der Waals surface area contributed by atoms with E-state index >= 15 is 0 Å². The quantitative estimate of drug-likeness (QED) is 0.672. The minimum Gasteiger partial charge on any atom is -0.340 e. The first kappa shape index (κ1) is 8.76. The summed E-state index contributed by atoms with van der Waals surface area (Å²) in [5, 5.41) is 2.49. The van der Waals surface area contributed by atoms with E-state index in [0.29, 0.717) is 0 Å². The molecule has 2 N–H and O–H groups in total. The molecule has 0 unspecified atom stereocenters. The Hall–Kier alpha value is -0.820. The lowest BCUT2D eigenvalue weighted by molar-refractivity contribution is -0.704. The second-order valence-electron chi connectivity index (χ2n) is 3.98. The van der Waals surface area contributed by atoms with Gasteiger partial charge in [0.2, 0.25) is 0 Å². The van der Waals surface area contributed by atoms with E-state index in [4.69, 9.17) is 0 Å². The molecule has 0 aliphatic carbocycles. The molecule has 1 heteroatoms. The van der Waals surface area contributed by atoms with Crippen LogP contribution in [0.3, 0.4) is 0 Å². The lowest BCUT2D eigenvalue weighted by Crippen LogP contribution is -2.86. The summed E-state index contributed by atoms with van der Waals surface area (Å²) in [5.41, 5.74) is 2.99. The van der Waals surface area contributed by atoms with Gasteiger partial charge in [0.1, 0.15) is 6.04 Å². The molecule has 1 aromatic carbocycles. The summed E-state index contributed by atoms with van der Waals surface area (Å²) in [7, 11) is 0. The van der Waals surface area contributed by atoms with Gasteiger partial charge in [0.15, 0.2) is 0 Å². The molecule has 13 heavy (non-hydrogen) atoms. The zero-order valence-electron chi connectivity index (χ0n) is 8.29. The van der Waals surface area contributed by atoms with Gasteiger partial charge in [0, 0.05) is 12.0 Å². The van der Waals surface area contributed by atoms with Crippen molar-refractivity contribution in [3.63, 3.8) is 0 Å². The lowest BCUT2D eigenvalue weighted by Gasteiger charge is -2.21. The van der Waals surface area contributed by atoms with Crippen LogP contribution in [0, 0.1) is 6.92 Å². The Morgan fingerprint density at radius 3 is 2.77 bits per heavy atom. The van der Waals surface area contributed by atoms with Crippen molar-refractivity contribution < 1.29 is 5.32 Å². The monoisotopic (exact) mass is 176 g/mol. The molecule has 1 aliphatic rings. The van der Waals surface area contributed by atoms with Gasteiger partial charge >= 0.3 is 0 Å². The van der Waals surface area contributed by atoms with E-state index in [0.717, 1.165) is 6.04 Å². The maximum atomic E-state index is 2.49. The summed E-state index contributed by atoms with van der Waals surface area (Å²) in [6.45, 7) is 3.52. The van der Waals surface area contributed by atoms with Crippen LogP contribution in [0.25, 0.3) is 0 Å². The lowest BCUT2D eigenvalue weighted by atomic mass is 9.94. The maximum absolute atomic E-state index is 2.49. The summed E-state index contributed by atoms with van der Waals surface area (Å²) in [4.78, 5) is 0. The molecule has 0 radical (unpaired) electrons. The summed E-state index contributed by atoms with van der Waals surface area (Å²) in [6.07, 6.45) is 4.14. The molecule has 1 aliphatic heterocycles. The fourth-order valence-corrected chi connectivity index (χ4v) is 2.23. The number of hydrogen-bond acceptors (Lipinski definition) is 0. The molecule has 70 valence electrons. The van der Waals surface area contributed by atoms with E-state index in [1.807, 2.05) is 0 Å². The third-order valence-electron chi connectivity index (χ3n) is 3.01. The third kappa shape index (κ3) is 1.92. The van der Waals surface area contributed by atoms with Crippen molar-refractivity contribution in [2.24, 2.45) is 0 Å². The number of aryl methyl sites for hydroxylation is 1. The van der Waals surface area contributed by atoms with E-state index in [1.165, 1.54) is 31.4 Å². The van der Waals surface area contributed by atoms with Crippen molar-refractivity contribution in [3.8, 4) is 0 Å². The molecule has 1 aromatic rings. The van der Waals surface area contributed by atoms with Gasteiger partial charge in [-0.1, -0.05) is 24.3 Å². The van der Waals surface area contributed by atoms with Crippen LogP contribution in [-0.4, -0.2) is 6.54 Å². The van der Waals surface area contributed by atoms with Crippen molar-refractivity contribution in [1.82, 2.24) is 0 Å². The Kier molecular flexibility index (Phi) is 2.65. The Morgan fingerprint density at radius 1 is 1.23 bits per heavy atom. The molecule has 1 nitrogen and oxygen atoms in total. The molecule has 1 atom stereocenters. The summed E-state index contributed by atoms with van der Waals surface area (Å²) in [6, 6.07) is 9.52. The van der Waals surface area contributed by atoms with E-state index < -0.39 is 0 Å². The highest BCUT2D eigenvalue weighted by molar-refractivity contribution is 5.27. The van der Waals surface area contributed by atoms with Crippen LogP contribution in [-0.2, 0) is 0 Å². The zero-order chi connectivity index (χ0) is 9.10. The SMILES string of the molecule is Cc1ccccc1[C@@H]1CCCC[NH2+]1. The number of benzene rings is 1. The minimum atomic E-state index is 0.731. The van der Waals surface area contributed by atoms with Crippen LogP contribution in [0.2, 0.25) is 0 Å². The van der Waals surface area contributed by atoms with Gasteiger partial charge in [-0.2, -0.15) is 0 Å². The fraction of sp³-hybridized carbons (Fsp3) is 0.500. The number of piperidine rings is 1. The number of hydrogen-bond donors (Lipinski definition) is 1. The van der Waals surface area contributed by atoms with E-state index in [9.17, 15) is 0 Å². The second-order valence-corrected chi connectivity index (χ2v) is 3.98. The first-order valence-corrected chi connectivity index (χ1v) is 5.27. The molecule has 1 fully saturated rings. The third-order valence-corrected chi connectivity index (χ3v) is 3.01. The van der Waals surface area contributed by atoms with Gasteiger partial charge in [-0.25, -0.2) is 0 Å². The normalized spacial score (nSPS) is 23.0. The van der Waals surface area contributed by atoms with E-state index in [1.54, 1.807) is 5.56 Å². The predicted octanol–water partition coefficient (Wildman–Crippen LogP) is 1.78. The van der Waals surface area contributed by atoms with Crippen molar-refractivity contribution in [3.05, 3.63) is 35.4 Å². The van der Waals surface area contributed by atoms with Gasteiger partial charge in [-0.15, -0.1) is 0 Å². The van der Waals surface area contributed by atoms with Crippen LogP contribution in [0.1, 0.15) is 36.4 Å². The molecule has 0 bridgehead atoms. The zero-order valence-corrected chi connectivity index (χ0v) is 8.29. The number of nitrogens with two attached hydrogens (primary N) is 1.